The predicted octanol–water partition coefficient (Wildman–Crippen LogP) is 4.85. The molecule has 1 aromatic carbocycles. The molecule has 2 unspecified atom stereocenters. The summed E-state index contributed by atoms with van der Waals surface area (Å²) in [6.45, 7) is 6.32. The number of likely N-dealkylation sites (tertiary alicyclic amines) is 1. The molecule has 0 spiro atoms. The molecule has 0 bridgehead atoms. The summed E-state index contributed by atoms with van der Waals surface area (Å²) in [6, 6.07) is 5.35. The Kier molecular flexibility index (Phi) is 4.67. The minimum absolute atomic E-state index is 0.00789. The Labute approximate surface area is 141 Å². The van der Waals surface area contributed by atoms with Gasteiger partial charge in [0.2, 0.25) is 0 Å². The Morgan fingerprint density at radius 2 is 1.86 bits per heavy atom. The van der Waals surface area contributed by atoms with E-state index >= 15 is 0 Å². The number of benzene rings is 1. The molecule has 4 nitrogen and oxygen atoms in total. The first-order valence-corrected chi connectivity index (χ1v) is 7.88. The van der Waals surface area contributed by atoms with Crippen molar-refractivity contribution in [2.75, 3.05) is 13.7 Å². The van der Waals surface area contributed by atoms with Crippen LogP contribution in [-0.4, -0.2) is 35.5 Å². The second kappa shape index (κ2) is 5.91. The Bertz CT molecular complexity index is 565. The molecule has 0 saturated carbocycles. The highest BCUT2D eigenvalue weighted by atomic mass is 35.5. The Morgan fingerprint density at radius 1 is 1.32 bits per heavy atom. The van der Waals surface area contributed by atoms with Crippen molar-refractivity contribution in [3.05, 3.63) is 33.8 Å². The van der Waals surface area contributed by atoms with E-state index in [-0.39, 0.29) is 11.3 Å². The topological polar surface area (TPSA) is 49.8 Å². The number of nitrogens with zero attached hydrogens (tertiary/aromatic N) is 1. The maximum Gasteiger partial charge on any atom is 0.409 e. The summed E-state index contributed by atoms with van der Waals surface area (Å²) in [7, 11) is 1.56. The second-order valence-electron chi connectivity index (χ2n) is 6.74. The summed E-state index contributed by atoms with van der Waals surface area (Å²) in [4.78, 5) is 13.1. The van der Waals surface area contributed by atoms with Gasteiger partial charge in [0.1, 0.15) is 0 Å². The standard InChI is InChI=1S/C16H21Cl2NO3/c1-15(2,3)16(22-4)8-11(9-19(16)14(20)21)10-5-12(17)7-13(18)6-10/h5-7,11H,8-9H2,1-4H3,(H,20,21). The minimum atomic E-state index is -0.979. The molecule has 1 aliphatic heterocycles. The van der Waals surface area contributed by atoms with Gasteiger partial charge in [-0.1, -0.05) is 44.0 Å². The van der Waals surface area contributed by atoms with Gasteiger partial charge in [0, 0.05) is 41.5 Å². The van der Waals surface area contributed by atoms with E-state index < -0.39 is 11.8 Å². The number of carbonyl (C=O) groups is 1. The molecule has 6 heteroatoms. The Balaban J connectivity index is 2.45. The molecule has 122 valence electrons. The van der Waals surface area contributed by atoms with E-state index in [2.05, 4.69) is 0 Å². The van der Waals surface area contributed by atoms with Gasteiger partial charge >= 0.3 is 6.09 Å². The zero-order valence-corrected chi connectivity index (χ0v) is 14.7. The molecule has 1 aliphatic rings. The van der Waals surface area contributed by atoms with E-state index in [9.17, 15) is 9.90 Å². The van der Waals surface area contributed by atoms with Crippen LogP contribution in [0.5, 0.6) is 0 Å². The maximum absolute atomic E-state index is 11.7. The highest BCUT2D eigenvalue weighted by molar-refractivity contribution is 6.34. The molecular weight excluding hydrogens is 325 g/mol. The fourth-order valence-electron chi connectivity index (χ4n) is 3.35. The smallest absolute Gasteiger partial charge is 0.409 e. The van der Waals surface area contributed by atoms with Crippen LogP contribution in [0.15, 0.2) is 18.2 Å². The summed E-state index contributed by atoms with van der Waals surface area (Å²) < 4.78 is 5.73. The van der Waals surface area contributed by atoms with Crippen LogP contribution < -0.4 is 0 Å². The Hall–Kier alpha value is -0.970. The first-order chi connectivity index (χ1) is 10.1. The lowest BCUT2D eigenvalue weighted by molar-refractivity contribution is -0.165. The van der Waals surface area contributed by atoms with E-state index in [0.29, 0.717) is 23.0 Å². The lowest BCUT2D eigenvalue weighted by Gasteiger charge is -2.45. The number of rotatable bonds is 2. The summed E-state index contributed by atoms with van der Waals surface area (Å²) in [6.07, 6.45) is -0.414. The van der Waals surface area contributed by atoms with Gasteiger partial charge in [-0.25, -0.2) is 4.79 Å². The third-order valence-electron chi connectivity index (χ3n) is 4.46. The van der Waals surface area contributed by atoms with Crippen molar-refractivity contribution in [3.63, 3.8) is 0 Å². The van der Waals surface area contributed by atoms with E-state index in [0.717, 1.165) is 5.56 Å². The average Bonchev–Trinajstić information content (AvgIpc) is 2.78. The zero-order chi connectivity index (χ0) is 16.7. The highest BCUT2D eigenvalue weighted by Crippen LogP contribution is 2.49. The number of hydrogen-bond donors (Lipinski definition) is 1. The van der Waals surface area contributed by atoms with Gasteiger partial charge in [-0.15, -0.1) is 0 Å². The number of methoxy groups -OCH3 is 1. The van der Waals surface area contributed by atoms with Crippen LogP contribution in [0.4, 0.5) is 4.79 Å². The summed E-state index contributed by atoms with van der Waals surface area (Å²) >= 11 is 12.2. The van der Waals surface area contributed by atoms with Crippen molar-refractivity contribution in [1.82, 2.24) is 4.90 Å². The molecule has 22 heavy (non-hydrogen) atoms. The number of ether oxygens (including phenoxy) is 1. The lowest BCUT2D eigenvalue weighted by atomic mass is 9.79. The van der Waals surface area contributed by atoms with Crippen LogP contribution in [0.1, 0.15) is 38.7 Å². The average molecular weight is 346 g/mol. The first kappa shape index (κ1) is 17.4. The maximum atomic E-state index is 11.7. The van der Waals surface area contributed by atoms with Gasteiger partial charge < -0.3 is 9.84 Å². The molecule has 1 N–H and O–H groups in total. The molecule has 2 atom stereocenters. The van der Waals surface area contributed by atoms with E-state index in [1.807, 2.05) is 32.9 Å². The lowest BCUT2D eigenvalue weighted by Crippen LogP contribution is -2.56. The van der Waals surface area contributed by atoms with Crippen LogP contribution >= 0.6 is 23.2 Å². The normalized spacial score (nSPS) is 25.5. The molecule has 0 radical (unpaired) electrons. The van der Waals surface area contributed by atoms with Crippen molar-refractivity contribution >= 4 is 29.3 Å². The van der Waals surface area contributed by atoms with Crippen molar-refractivity contribution in [2.24, 2.45) is 5.41 Å². The van der Waals surface area contributed by atoms with Crippen LogP contribution in [0.25, 0.3) is 0 Å². The fraction of sp³-hybridized carbons (Fsp3) is 0.562. The molecule has 1 amide bonds. The summed E-state index contributed by atoms with van der Waals surface area (Å²) in [5.74, 6) is -0.00789. The minimum Gasteiger partial charge on any atom is -0.465 e. The molecule has 1 fully saturated rings. The van der Waals surface area contributed by atoms with Gasteiger partial charge in [0.15, 0.2) is 5.72 Å². The van der Waals surface area contributed by atoms with Gasteiger partial charge in [-0.3, -0.25) is 4.90 Å². The monoisotopic (exact) mass is 345 g/mol. The van der Waals surface area contributed by atoms with Crippen molar-refractivity contribution < 1.29 is 14.6 Å². The number of carboxylic acid groups (broad SMARTS) is 1. The van der Waals surface area contributed by atoms with Crippen molar-refractivity contribution in [3.8, 4) is 0 Å². The van der Waals surface area contributed by atoms with Crippen LogP contribution in [0.2, 0.25) is 10.0 Å². The van der Waals surface area contributed by atoms with E-state index in [4.69, 9.17) is 27.9 Å². The quantitative estimate of drug-likeness (QED) is 0.833. The summed E-state index contributed by atoms with van der Waals surface area (Å²) in [5, 5.41) is 10.7. The SMILES string of the molecule is COC1(C(C)(C)C)CC(c2cc(Cl)cc(Cl)c2)CN1C(=O)O. The van der Waals surface area contributed by atoms with Gasteiger partial charge in [0.25, 0.3) is 0 Å². The molecule has 0 aromatic heterocycles. The van der Waals surface area contributed by atoms with Crippen LogP contribution in [0.3, 0.4) is 0 Å². The third-order valence-corrected chi connectivity index (χ3v) is 4.90. The number of amides is 1. The second-order valence-corrected chi connectivity index (χ2v) is 7.61. The highest BCUT2D eigenvalue weighted by Gasteiger charge is 2.55. The van der Waals surface area contributed by atoms with Crippen LogP contribution in [0, 0.1) is 5.41 Å². The van der Waals surface area contributed by atoms with Gasteiger partial charge in [0.05, 0.1) is 0 Å². The molecule has 1 saturated heterocycles. The van der Waals surface area contributed by atoms with Gasteiger partial charge in [-0.05, 0) is 23.8 Å². The summed E-state index contributed by atoms with van der Waals surface area (Å²) in [5.41, 5.74) is -0.304. The largest absolute Gasteiger partial charge is 0.465 e. The molecule has 0 aliphatic carbocycles. The van der Waals surface area contributed by atoms with E-state index in [1.54, 1.807) is 13.2 Å². The zero-order valence-electron chi connectivity index (χ0n) is 13.2. The predicted molar refractivity (Wildman–Crippen MR) is 87.7 cm³/mol. The molecular formula is C16H21Cl2NO3. The van der Waals surface area contributed by atoms with Crippen molar-refractivity contribution in [2.45, 2.75) is 38.8 Å². The van der Waals surface area contributed by atoms with Gasteiger partial charge in [-0.2, -0.15) is 0 Å². The number of hydrogen-bond acceptors (Lipinski definition) is 2. The third kappa shape index (κ3) is 2.92. The Morgan fingerprint density at radius 3 is 2.23 bits per heavy atom. The fourth-order valence-corrected chi connectivity index (χ4v) is 3.90. The molecule has 1 aromatic rings. The van der Waals surface area contributed by atoms with Crippen LogP contribution in [-0.2, 0) is 4.74 Å². The molecule has 2 rings (SSSR count). The number of halogens is 2. The van der Waals surface area contributed by atoms with E-state index in [1.165, 1.54) is 4.90 Å². The first-order valence-electron chi connectivity index (χ1n) is 7.12. The molecule has 1 heterocycles. The van der Waals surface area contributed by atoms with Crippen molar-refractivity contribution in [1.29, 1.82) is 0 Å².